The second kappa shape index (κ2) is 7.93. The minimum absolute atomic E-state index is 0.0666. The number of anilines is 1. The number of rotatable bonds is 4. The highest BCUT2D eigenvalue weighted by Crippen LogP contribution is 2.33. The Balaban J connectivity index is 1.61. The molecule has 0 fully saturated rings. The first-order valence-electron chi connectivity index (χ1n) is 10.2. The number of benzene rings is 3. The van der Waals surface area contributed by atoms with Gasteiger partial charge in [-0.05, 0) is 65.6 Å². The van der Waals surface area contributed by atoms with Crippen molar-refractivity contribution in [2.45, 2.75) is 20.4 Å². The summed E-state index contributed by atoms with van der Waals surface area (Å²) in [6.45, 7) is 4.56. The van der Waals surface area contributed by atoms with E-state index in [-0.39, 0.29) is 5.91 Å². The van der Waals surface area contributed by atoms with Crippen LogP contribution in [-0.4, -0.2) is 15.9 Å². The van der Waals surface area contributed by atoms with Crippen LogP contribution in [0.3, 0.4) is 0 Å². The molecule has 0 saturated carbocycles. The first kappa shape index (κ1) is 19.4. The van der Waals surface area contributed by atoms with Crippen molar-refractivity contribution in [3.05, 3.63) is 101 Å². The summed E-state index contributed by atoms with van der Waals surface area (Å²) in [5.74, 6) is -0.0666. The maximum atomic E-state index is 13.7. The van der Waals surface area contributed by atoms with E-state index in [1.165, 1.54) is 5.56 Å². The molecule has 152 valence electrons. The van der Waals surface area contributed by atoms with Gasteiger partial charge in [-0.25, -0.2) is 4.98 Å². The van der Waals surface area contributed by atoms with Gasteiger partial charge in [-0.1, -0.05) is 53.8 Å². The third-order valence-electron chi connectivity index (χ3n) is 5.35. The number of hydrogen-bond donors (Lipinski definition) is 0. The van der Waals surface area contributed by atoms with E-state index in [0.717, 1.165) is 32.1 Å². The van der Waals surface area contributed by atoms with Gasteiger partial charge in [0.05, 0.1) is 16.8 Å². The average Bonchev–Trinajstić information content (AvgIpc) is 3.21. The Morgan fingerprint density at radius 3 is 2.61 bits per heavy atom. The number of hydrogen-bond acceptors (Lipinski definition) is 4. The lowest BCUT2D eigenvalue weighted by atomic mass is 10.1. The largest absolute Gasteiger partial charge is 0.279 e. The van der Waals surface area contributed by atoms with E-state index in [4.69, 9.17) is 4.98 Å². The highest BCUT2D eigenvalue weighted by atomic mass is 32.1. The molecule has 0 saturated heterocycles. The molecular weight excluding hydrogens is 402 g/mol. The van der Waals surface area contributed by atoms with Gasteiger partial charge in [-0.2, -0.15) is 0 Å². The van der Waals surface area contributed by atoms with Crippen LogP contribution in [0.4, 0.5) is 5.13 Å². The smallest absolute Gasteiger partial charge is 0.260 e. The first-order valence-corrected chi connectivity index (χ1v) is 11.0. The number of aryl methyl sites for hydroxylation is 2. The molecule has 5 heteroatoms. The molecule has 31 heavy (non-hydrogen) atoms. The van der Waals surface area contributed by atoms with E-state index in [1.807, 2.05) is 48.5 Å². The predicted octanol–water partition coefficient (Wildman–Crippen LogP) is 6.31. The van der Waals surface area contributed by atoms with Crippen molar-refractivity contribution in [2.75, 3.05) is 4.90 Å². The van der Waals surface area contributed by atoms with Crippen molar-refractivity contribution >= 4 is 43.4 Å². The molecule has 0 aliphatic heterocycles. The maximum absolute atomic E-state index is 13.7. The van der Waals surface area contributed by atoms with Crippen LogP contribution in [-0.2, 0) is 6.54 Å². The fraction of sp³-hybridized carbons (Fsp3) is 0.115. The Labute approximate surface area is 184 Å². The van der Waals surface area contributed by atoms with Gasteiger partial charge in [0.25, 0.3) is 5.91 Å². The highest BCUT2D eigenvalue weighted by molar-refractivity contribution is 7.22. The second-order valence-electron chi connectivity index (χ2n) is 7.74. The molecule has 0 aliphatic rings. The number of fused-ring (bicyclic) bond motifs is 2. The quantitative estimate of drug-likeness (QED) is 0.340. The summed E-state index contributed by atoms with van der Waals surface area (Å²) in [7, 11) is 0. The molecule has 3 aromatic carbocycles. The normalized spacial score (nSPS) is 11.2. The van der Waals surface area contributed by atoms with Crippen LogP contribution >= 0.6 is 11.3 Å². The predicted molar refractivity (Wildman–Crippen MR) is 128 cm³/mol. The van der Waals surface area contributed by atoms with Gasteiger partial charge in [-0.3, -0.25) is 14.7 Å². The number of nitrogens with zero attached hydrogens (tertiary/aromatic N) is 3. The average molecular weight is 424 g/mol. The van der Waals surface area contributed by atoms with Crippen molar-refractivity contribution in [1.82, 2.24) is 9.97 Å². The van der Waals surface area contributed by atoms with E-state index >= 15 is 0 Å². The van der Waals surface area contributed by atoms with Crippen LogP contribution in [0.25, 0.3) is 21.0 Å². The molecule has 0 aliphatic carbocycles. The summed E-state index contributed by atoms with van der Waals surface area (Å²) in [6.07, 6.45) is 3.53. The van der Waals surface area contributed by atoms with Gasteiger partial charge in [0.1, 0.15) is 0 Å². The van der Waals surface area contributed by atoms with Crippen molar-refractivity contribution in [1.29, 1.82) is 0 Å². The zero-order valence-electron chi connectivity index (χ0n) is 17.4. The monoisotopic (exact) mass is 423 g/mol. The summed E-state index contributed by atoms with van der Waals surface area (Å²) in [5.41, 5.74) is 4.88. The summed E-state index contributed by atoms with van der Waals surface area (Å²) in [4.78, 5) is 24.5. The number of pyridine rings is 1. The van der Waals surface area contributed by atoms with Crippen LogP contribution < -0.4 is 4.90 Å². The van der Waals surface area contributed by atoms with Gasteiger partial charge < -0.3 is 0 Å². The third-order valence-corrected chi connectivity index (χ3v) is 6.38. The molecule has 0 radical (unpaired) electrons. The molecule has 2 aromatic heterocycles. The van der Waals surface area contributed by atoms with Gasteiger partial charge in [-0.15, -0.1) is 0 Å². The third kappa shape index (κ3) is 3.80. The minimum Gasteiger partial charge on any atom is -0.279 e. The molecule has 0 unspecified atom stereocenters. The number of amides is 1. The maximum Gasteiger partial charge on any atom is 0.260 e. The summed E-state index contributed by atoms with van der Waals surface area (Å²) >= 11 is 1.55. The van der Waals surface area contributed by atoms with E-state index in [2.05, 4.69) is 37.0 Å². The Morgan fingerprint density at radius 2 is 1.81 bits per heavy atom. The lowest BCUT2D eigenvalue weighted by Crippen LogP contribution is -2.30. The minimum atomic E-state index is -0.0666. The standard InChI is InChI=1S/C26H21N3OS/c1-17-12-18(2)24-23(13-17)31-26(28-24)29(16-19-6-5-11-27-15-19)25(30)22-10-9-20-7-3-4-8-21(20)14-22/h3-15H,16H2,1-2H3. The van der Waals surface area contributed by atoms with Crippen molar-refractivity contribution in [3.63, 3.8) is 0 Å². The molecular formula is C26H21N3OS. The summed E-state index contributed by atoms with van der Waals surface area (Å²) in [5, 5.41) is 2.86. The Hall–Kier alpha value is -3.57. The van der Waals surface area contributed by atoms with Crippen LogP contribution in [0.2, 0.25) is 0 Å². The highest BCUT2D eigenvalue weighted by Gasteiger charge is 2.22. The van der Waals surface area contributed by atoms with Gasteiger partial charge in [0.15, 0.2) is 5.13 Å². The van der Waals surface area contributed by atoms with Crippen molar-refractivity contribution in [3.8, 4) is 0 Å². The summed E-state index contributed by atoms with van der Waals surface area (Å²) in [6, 6.07) is 22.0. The molecule has 4 nitrogen and oxygen atoms in total. The number of aromatic nitrogens is 2. The SMILES string of the molecule is Cc1cc(C)c2nc(N(Cc3cccnc3)C(=O)c3ccc4ccccc4c3)sc2c1. The van der Waals surface area contributed by atoms with Gasteiger partial charge in [0.2, 0.25) is 0 Å². The van der Waals surface area contributed by atoms with Crippen LogP contribution in [0.15, 0.2) is 79.1 Å². The lowest BCUT2D eigenvalue weighted by Gasteiger charge is -2.20. The summed E-state index contributed by atoms with van der Waals surface area (Å²) < 4.78 is 1.09. The fourth-order valence-electron chi connectivity index (χ4n) is 3.85. The molecule has 0 N–H and O–H groups in total. The molecule has 0 atom stereocenters. The topological polar surface area (TPSA) is 46.1 Å². The molecule has 5 aromatic rings. The van der Waals surface area contributed by atoms with E-state index in [9.17, 15) is 4.79 Å². The lowest BCUT2D eigenvalue weighted by molar-refractivity contribution is 0.0985. The van der Waals surface area contributed by atoms with E-state index in [0.29, 0.717) is 17.2 Å². The zero-order valence-corrected chi connectivity index (χ0v) is 18.2. The molecule has 0 bridgehead atoms. The van der Waals surface area contributed by atoms with Crippen molar-refractivity contribution in [2.24, 2.45) is 0 Å². The Kier molecular flexibility index (Phi) is 4.96. The second-order valence-corrected chi connectivity index (χ2v) is 8.75. The van der Waals surface area contributed by atoms with Crippen LogP contribution in [0, 0.1) is 13.8 Å². The number of thiazole rings is 1. The van der Waals surface area contributed by atoms with E-state index in [1.54, 1.807) is 28.6 Å². The van der Waals surface area contributed by atoms with Crippen LogP contribution in [0.1, 0.15) is 27.0 Å². The molecule has 5 rings (SSSR count). The molecule has 2 heterocycles. The Morgan fingerprint density at radius 1 is 0.968 bits per heavy atom. The van der Waals surface area contributed by atoms with Crippen molar-refractivity contribution < 1.29 is 4.79 Å². The molecule has 1 amide bonds. The van der Waals surface area contributed by atoms with Gasteiger partial charge in [0, 0.05) is 18.0 Å². The Bertz CT molecular complexity index is 1410. The van der Waals surface area contributed by atoms with Crippen LogP contribution in [0.5, 0.6) is 0 Å². The zero-order chi connectivity index (χ0) is 21.4. The van der Waals surface area contributed by atoms with E-state index < -0.39 is 0 Å². The number of carbonyl (C=O) groups is 1. The van der Waals surface area contributed by atoms with Gasteiger partial charge >= 0.3 is 0 Å². The first-order chi connectivity index (χ1) is 15.1. The fourth-order valence-corrected chi connectivity index (χ4v) is 4.99. The number of carbonyl (C=O) groups excluding carboxylic acids is 1. The molecule has 0 spiro atoms.